The standard InChI is InChI=1S/C24H28FN3O3/c1-24(2,3)31-23(29)27-12-11-18(14-27)16-30-22-26-20-9-4-5-10-21(20)28(22)15-17-7-6-8-19(25)13-17/h4-10,13,18H,11-12,14-16H2,1-3H3. The van der Waals surface area contributed by atoms with Crippen molar-refractivity contribution in [2.75, 3.05) is 19.7 Å². The van der Waals surface area contributed by atoms with Crippen LogP contribution in [-0.4, -0.2) is 45.8 Å². The molecule has 1 aliphatic rings. The molecule has 7 heteroatoms. The molecule has 3 aromatic rings. The van der Waals surface area contributed by atoms with Gasteiger partial charge in [-0.05, 0) is 57.0 Å². The van der Waals surface area contributed by atoms with Gasteiger partial charge in [-0.1, -0.05) is 24.3 Å². The molecule has 1 aromatic heterocycles. The molecule has 0 saturated carbocycles. The predicted molar refractivity (Wildman–Crippen MR) is 117 cm³/mol. The molecule has 1 amide bonds. The summed E-state index contributed by atoms with van der Waals surface area (Å²) in [7, 11) is 0. The van der Waals surface area contributed by atoms with Gasteiger partial charge in [0.25, 0.3) is 6.01 Å². The number of hydrogen-bond donors (Lipinski definition) is 0. The summed E-state index contributed by atoms with van der Waals surface area (Å²) in [5.74, 6) is -0.0625. The lowest BCUT2D eigenvalue weighted by Gasteiger charge is -2.24. The summed E-state index contributed by atoms with van der Waals surface area (Å²) < 4.78 is 27.2. The van der Waals surface area contributed by atoms with Gasteiger partial charge in [0.2, 0.25) is 0 Å². The predicted octanol–water partition coefficient (Wildman–Crippen LogP) is 4.86. The highest BCUT2D eigenvalue weighted by Crippen LogP contribution is 2.25. The number of fused-ring (bicyclic) bond motifs is 1. The summed E-state index contributed by atoms with van der Waals surface area (Å²) in [6.45, 7) is 7.76. The van der Waals surface area contributed by atoms with E-state index in [2.05, 4.69) is 4.98 Å². The van der Waals surface area contributed by atoms with E-state index in [0.29, 0.717) is 32.3 Å². The number of aromatic nitrogens is 2. The lowest BCUT2D eigenvalue weighted by molar-refractivity contribution is 0.0284. The molecule has 1 aliphatic heterocycles. The Morgan fingerprint density at radius 1 is 1.19 bits per heavy atom. The molecule has 1 unspecified atom stereocenters. The van der Waals surface area contributed by atoms with Crippen molar-refractivity contribution < 1.29 is 18.7 Å². The molecule has 1 fully saturated rings. The number of para-hydroxylation sites is 2. The number of carbonyl (C=O) groups excluding carboxylic acids is 1. The second kappa shape index (κ2) is 8.57. The van der Waals surface area contributed by atoms with Gasteiger partial charge in [0.1, 0.15) is 11.4 Å². The maximum absolute atomic E-state index is 13.7. The molecule has 0 N–H and O–H groups in total. The highest BCUT2D eigenvalue weighted by Gasteiger charge is 2.30. The lowest BCUT2D eigenvalue weighted by Crippen LogP contribution is -2.35. The van der Waals surface area contributed by atoms with Crippen LogP contribution in [0.1, 0.15) is 32.8 Å². The third-order valence-electron chi connectivity index (χ3n) is 5.23. The molecular weight excluding hydrogens is 397 g/mol. The van der Waals surface area contributed by atoms with E-state index in [1.807, 2.05) is 55.7 Å². The first-order valence-corrected chi connectivity index (χ1v) is 10.6. The highest BCUT2D eigenvalue weighted by molar-refractivity contribution is 5.76. The second-order valence-corrected chi connectivity index (χ2v) is 8.99. The summed E-state index contributed by atoms with van der Waals surface area (Å²) in [6, 6.07) is 14.8. The van der Waals surface area contributed by atoms with E-state index < -0.39 is 5.60 Å². The number of hydrogen-bond acceptors (Lipinski definition) is 4. The number of amides is 1. The molecule has 0 spiro atoms. The van der Waals surface area contributed by atoms with Crippen molar-refractivity contribution in [3.63, 3.8) is 0 Å². The Kier molecular flexibility index (Phi) is 5.85. The zero-order valence-corrected chi connectivity index (χ0v) is 18.2. The summed E-state index contributed by atoms with van der Waals surface area (Å²) >= 11 is 0. The van der Waals surface area contributed by atoms with Crippen molar-refractivity contribution in [3.05, 3.63) is 59.9 Å². The fourth-order valence-electron chi connectivity index (χ4n) is 3.79. The Balaban J connectivity index is 1.46. The monoisotopic (exact) mass is 425 g/mol. The van der Waals surface area contributed by atoms with Gasteiger partial charge in [-0.3, -0.25) is 4.57 Å². The molecule has 0 aliphatic carbocycles. The molecule has 6 nitrogen and oxygen atoms in total. The average Bonchev–Trinajstić information content (AvgIpc) is 3.30. The van der Waals surface area contributed by atoms with Crippen LogP contribution >= 0.6 is 0 Å². The van der Waals surface area contributed by atoms with E-state index in [9.17, 15) is 9.18 Å². The van der Waals surface area contributed by atoms with E-state index in [1.165, 1.54) is 12.1 Å². The molecule has 1 saturated heterocycles. The number of benzene rings is 2. The highest BCUT2D eigenvalue weighted by atomic mass is 19.1. The van der Waals surface area contributed by atoms with Crippen LogP contribution in [0.3, 0.4) is 0 Å². The van der Waals surface area contributed by atoms with Crippen molar-refractivity contribution in [1.29, 1.82) is 0 Å². The van der Waals surface area contributed by atoms with Gasteiger partial charge in [0, 0.05) is 19.0 Å². The van der Waals surface area contributed by atoms with Crippen LogP contribution in [0, 0.1) is 11.7 Å². The second-order valence-electron chi connectivity index (χ2n) is 8.99. The topological polar surface area (TPSA) is 56.6 Å². The lowest BCUT2D eigenvalue weighted by atomic mass is 10.1. The fourth-order valence-corrected chi connectivity index (χ4v) is 3.79. The Labute approximate surface area is 181 Å². The van der Waals surface area contributed by atoms with Gasteiger partial charge in [-0.2, -0.15) is 4.98 Å². The molecular formula is C24H28FN3O3. The van der Waals surface area contributed by atoms with Crippen LogP contribution in [0.2, 0.25) is 0 Å². The zero-order valence-electron chi connectivity index (χ0n) is 18.2. The number of carbonyl (C=O) groups is 1. The summed E-state index contributed by atoms with van der Waals surface area (Å²) in [5, 5.41) is 0. The first kappa shape index (κ1) is 21.2. The fraction of sp³-hybridized carbons (Fsp3) is 0.417. The number of halogens is 1. The van der Waals surface area contributed by atoms with E-state index in [1.54, 1.807) is 11.0 Å². The molecule has 4 rings (SSSR count). The third kappa shape index (κ3) is 5.16. The van der Waals surface area contributed by atoms with E-state index >= 15 is 0 Å². The number of ether oxygens (including phenoxy) is 2. The Hall–Kier alpha value is -3.09. The minimum atomic E-state index is -0.507. The van der Waals surface area contributed by atoms with E-state index in [-0.39, 0.29) is 17.8 Å². The molecule has 2 aromatic carbocycles. The summed E-state index contributed by atoms with van der Waals surface area (Å²) in [6.07, 6.45) is 0.567. The molecule has 1 atom stereocenters. The summed E-state index contributed by atoms with van der Waals surface area (Å²) in [5.41, 5.74) is 2.09. The summed E-state index contributed by atoms with van der Waals surface area (Å²) in [4.78, 5) is 18.7. The SMILES string of the molecule is CC(C)(C)OC(=O)N1CCC(COc2nc3ccccc3n2Cc2cccc(F)c2)C1. The third-order valence-corrected chi connectivity index (χ3v) is 5.23. The molecule has 164 valence electrons. The van der Waals surface area contributed by atoms with Gasteiger partial charge >= 0.3 is 6.09 Å². The maximum Gasteiger partial charge on any atom is 0.410 e. The van der Waals surface area contributed by atoms with Gasteiger partial charge in [-0.25, -0.2) is 9.18 Å². The number of likely N-dealkylation sites (tertiary alicyclic amines) is 1. The van der Waals surface area contributed by atoms with Crippen molar-refractivity contribution in [2.24, 2.45) is 5.92 Å². The number of rotatable bonds is 5. The van der Waals surface area contributed by atoms with Gasteiger partial charge in [-0.15, -0.1) is 0 Å². The van der Waals surface area contributed by atoms with Crippen molar-refractivity contribution in [3.8, 4) is 6.01 Å². The Morgan fingerprint density at radius 2 is 2.00 bits per heavy atom. The van der Waals surface area contributed by atoms with Crippen LogP contribution in [0.25, 0.3) is 11.0 Å². The Bertz CT molecular complexity index is 1070. The number of imidazole rings is 1. The van der Waals surface area contributed by atoms with Crippen molar-refractivity contribution in [2.45, 2.75) is 39.3 Å². The quantitative estimate of drug-likeness (QED) is 0.586. The molecule has 0 bridgehead atoms. The maximum atomic E-state index is 13.7. The minimum Gasteiger partial charge on any atom is -0.464 e. The van der Waals surface area contributed by atoms with Crippen LogP contribution in [0.5, 0.6) is 6.01 Å². The zero-order chi connectivity index (χ0) is 22.0. The Morgan fingerprint density at radius 3 is 2.77 bits per heavy atom. The smallest absolute Gasteiger partial charge is 0.410 e. The molecule has 31 heavy (non-hydrogen) atoms. The van der Waals surface area contributed by atoms with Crippen LogP contribution in [0.4, 0.5) is 9.18 Å². The van der Waals surface area contributed by atoms with Crippen molar-refractivity contribution in [1.82, 2.24) is 14.5 Å². The average molecular weight is 426 g/mol. The molecule has 2 heterocycles. The van der Waals surface area contributed by atoms with Gasteiger partial charge < -0.3 is 14.4 Å². The first-order valence-electron chi connectivity index (χ1n) is 10.6. The normalized spacial score (nSPS) is 16.6. The van der Waals surface area contributed by atoms with Crippen molar-refractivity contribution >= 4 is 17.1 Å². The minimum absolute atomic E-state index is 0.204. The van der Waals surface area contributed by atoms with E-state index in [0.717, 1.165) is 23.0 Å². The van der Waals surface area contributed by atoms with E-state index in [4.69, 9.17) is 9.47 Å². The van der Waals surface area contributed by atoms with Gasteiger partial charge in [0.05, 0.1) is 24.2 Å². The van der Waals surface area contributed by atoms with Crippen LogP contribution in [0.15, 0.2) is 48.5 Å². The largest absolute Gasteiger partial charge is 0.464 e. The number of nitrogens with zero attached hydrogens (tertiary/aromatic N) is 3. The molecule has 0 radical (unpaired) electrons. The van der Waals surface area contributed by atoms with Crippen LogP contribution in [-0.2, 0) is 11.3 Å². The van der Waals surface area contributed by atoms with Crippen LogP contribution < -0.4 is 4.74 Å². The van der Waals surface area contributed by atoms with Gasteiger partial charge in [0.15, 0.2) is 0 Å². The first-order chi connectivity index (χ1) is 14.8.